The minimum Gasteiger partial charge on any atom is -0.344 e. The van der Waals surface area contributed by atoms with Crippen molar-refractivity contribution in [2.24, 2.45) is 17.4 Å². The van der Waals surface area contributed by atoms with Gasteiger partial charge in [0.25, 0.3) is 0 Å². The average molecular weight is 594 g/mol. The van der Waals surface area contributed by atoms with E-state index in [1.54, 1.807) is 16.7 Å². The lowest BCUT2D eigenvalue weighted by molar-refractivity contribution is -0.459. The van der Waals surface area contributed by atoms with Gasteiger partial charge in [0.15, 0.2) is 5.01 Å². The van der Waals surface area contributed by atoms with Crippen LogP contribution in [0.15, 0.2) is 54.6 Å². The van der Waals surface area contributed by atoms with Gasteiger partial charge in [-0.1, -0.05) is 42.5 Å². The Kier molecular flexibility index (Phi) is 8.94. The number of carbonyl (C=O) groups is 3. The van der Waals surface area contributed by atoms with Gasteiger partial charge in [-0.25, -0.2) is 4.98 Å². The third kappa shape index (κ3) is 6.56. The van der Waals surface area contributed by atoms with Gasteiger partial charge >= 0.3 is 5.96 Å². The third-order valence-corrected chi connectivity index (χ3v) is 10.5. The van der Waals surface area contributed by atoms with Gasteiger partial charge in [-0.3, -0.25) is 30.8 Å². The van der Waals surface area contributed by atoms with Crippen LogP contribution in [0.2, 0.25) is 0 Å². The maximum Gasteiger partial charge on any atom is 0.338 e. The van der Waals surface area contributed by atoms with Crippen LogP contribution in [0.25, 0.3) is 10.2 Å². The predicted molar refractivity (Wildman–Crippen MR) is 163 cm³/mol. The van der Waals surface area contributed by atoms with Crippen molar-refractivity contribution in [2.45, 2.75) is 62.4 Å². The Bertz CT molecular complexity index is 1410. The quantitative estimate of drug-likeness (QED) is 0.115. The number of amides is 2. The Hall–Kier alpha value is -3.44. The lowest BCUT2D eigenvalue weighted by Gasteiger charge is -2.44. The van der Waals surface area contributed by atoms with Crippen molar-refractivity contribution in [3.8, 4) is 0 Å². The molecule has 2 amide bonds. The summed E-state index contributed by atoms with van der Waals surface area (Å²) >= 11 is 2.97. The number of nitrogens with zero attached hydrogens (tertiary/aromatic N) is 2. The highest BCUT2D eigenvalue weighted by atomic mass is 32.2. The number of rotatable bonds is 11. The van der Waals surface area contributed by atoms with E-state index >= 15 is 0 Å². The molecule has 4 atom stereocenters. The molecular formula is C30H37N6O3S2+. The number of nitrogens with one attached hydrogen (secondary N) is 2. The number of para-hydroxylation sites is 1. The second-order valence-electron chi connectivity index (χ2n) is 10.9. The fourth-order valence-corrected chi connectivity index (χ4v) is 8.12. The molecule has 0 radical (unpaired) electrons. The molecule has 11 heteroatoms. The van der Waals surface area contributed by atoms with E-state index in [1.165, 1.54) is 16.9 Å². The van der Waals surface area contributed by atoms with Crippen LogP contribution in [-0.4, -0.2) is 62.7 Å². The number of benzene rings is 2. The molecule has 1 aromatic heterocycles. The molecule has 0 aliphatic carbocycles. The highest BCUT2D eigenvalue weighted by molar-refractivity contribution is 8.00. The largest absolute Gasteiger partial charge is 0.344 e. The second-order valence-corrected chi connectivity index (χ2v) is 13.4. The number of hydrogen-bond donors (Lipinski definition) is 4. The molecule has 3 aromatic rings. The number of carbonyl (C=O) groups excluding carboxylic acids is 3. The van der Waals surface area contributed by atoms with Gasteiger partial charge in [0.1, 0.15) is 6.04 Å². The zero-order chi connectivity index (χ0) is 29.0. The van der Waals surface area contributed by atoms with Crippen molar-refractivity contribution in [1.82, 2.24) is 15.2 Å². The molecule has 216 valence electrons. The van der Waals surface area contributed by atoms with E-state index in [9.17, 15) is 14.4 Å². The molecule has 0 spiro atoms. The molecule has 2 fully saturated rings. The van der Waals surface area contributed by atoms with Crippen molar-refractivity contribution < 1.29 is 19.4 Å². The maximum atomic E-state index is 13.8. The van der Waals surface area contributed by atoms with Crippen molar-refractivity contribution in [3.05, 3.63) is 65.2 Å². The molecule has 5 rings (SSSR count). The van der Waals surface area contributed by atoms with Crippen molar-refractivity contribution in [3.63, 3.8) is 0 Å². The van der Waals surface area contributed by atoms with Crippen LogP contribution in [0.4, 0.5) is 0 Å². The number of hydrogen-bond acceptors (Lipinski definition) is 6. The lowest BCUT2D eigenvalue weighted by Crippen LogP contribution is -2.78. The normalized spacial score (nSPS) is 22.8. The molecule has 3 heterocycles. The molecule has 0 bridgehead atoms. The highest BCUT2D eigenvalue weighted by Gasteiger charge is 2.53. The van der Waals surface area contributed by atoms with E-state index in [-0.39, 0.29) is 29.5 Å². The summed E-state index contributed by atoms with van der Waals surface area (Å²) in [6.45, 7) is 2.52. The van der Waals surface area contributed by atoms with E-state index in [0.717, 1.165) is 35.9 Å². The number of piperidine rings is 1. The molecule has 1 unspecified atom stereocenters. The van der Waals surface area contributed by atoms with Gasteiger partial charge in [-0.2, -0.15) is 0 Å². The summed E-state index contributed by atoms with van der Waals surface area (Å²) in [7, 11) is 0. The highest BCUT2D eigenvalue weighted by Crippen LogP contribution is 2.48. The van der Waals surface area contributed by atoms with E-state index in [1.807, 2.05) is 42.5 Å². The molecular weight excluding hydrogens is 557 g/mol. The first-order valence-electron chi connectivity index (χ1n) is 14.1. The number of fused-ring (bicyclic) bond motifs is 2. The van der Waals surface area contributed by atoms with E-state index in [0.29, 0.717) is 30.1 Å². The van der Waals surface area contributed by atoms with E-state index in [4.69, 9.17) is 11.5 Å². The van der Waals surface area contributed by atoms with Crippen LogP contribution in [0.3, 0.4) is 0 Å². The Morgan fingerprint density at radius 3 is 2.68 bits per heavy atom. The number of aryl methyl sites for hydroxylation is 1. The van der Waals surface area contributed by atoms with Crippen LogP contribution in [-0.2, 0) is 16.0 Å². The molecule has 2 saturated heterocycles. The molecule has 2 aliphatic heterocycles. The van der Waals surface area contributed by atoms with Crippen LogP contribution in [0, 0.1) is 5.92 Å². The Balaban J connectivity index is 1.31. The van der Waals surface area contributed by atoms with Crippen LogP contribution < -0.4 is 21.8 Å². The molecule has 2 aliphatic rings. The number of thioether (sulfide) groups is 1. The SMILES string of the molecule is C[C@]12CC[C@H](CCc3ccccc3)C(=O)N1[C@H](C(=O)NC(CCC[NH+]=C(N)N)C(=O)c1nc3ccccc3s1)CS2. The summed E-state index contributed by atoms with van der Waals surface area (Å²) in [5.41, 5.74) is 13.0. The number of guanidine groups is 1. The smallest absolute Gasteiger partial charge is 0.338 e. The van der Waals surface area contributed by atoms with Crippen LogP contribution in [0.5, 0.6) is 0 Å². The lowest BCUT2D eigenvalue weighted by atomic mass is 9.86. The maximum absolute atomic E-state index is 13.8. The first kappa shape index (κ1) is 29.1. The minimum atomic E-state index is -0.783. The Morgan fingerprint density at radius 1 is 1.17 bits per heavy atom. The van der Waals surface area contributed by atoms with Gasteiger partial charge in [0.05, 0.1) is 27.7 Å². The van der Waals surface area contributed by atoms with Gasteiger partial charge in [-0.15, -0.1) is 23.1 Å². The summed E-state index contributed by atoms with van der Waals surface area (Å²) in [6.07, 6.45) is 4.16. The predicted octanol–water partition coefficient (Wildman–Crippen LogP) is 1.80. The summed E-state index contributed by atoms with van der Waals surface area (Å²) in [4.78, 5) is 50.0. The van der Waals surface area contributed by atoms with Gasteiger partial charge < -0.3 is 10.2 Å². The number of thiazole rings is 1. The number of ketones is 1. The number of aromatic nitrogens is 1. The zero-order valence-electron chi connectivity index (χ0n) is 23.2. The first-order chi connectivity index (χ1) is 19.7. The Morgan fingerprint density at radius 2 is 1.93 bits per heavy atom. The van der Waals surface area contributed by atoms with Gasteiger partial charge in [0, 0.05) is 11.7 Å². The minimum absolute atomic E-state index is 0.0343. The van der Waals surface area contributed by atoms with E-state index in [2.05, 4.69) is 34.3 Å². The first-order valence-corrected chi connectivity index (χ1v) is 15.9. The topological polar surface area (TPSA) is 145 Å². The monoisotopic (exact) mass is 593 g/mol. The van der Waals surface area contributed by atoms with Gasteiger partial charge in [-0.05, 0) is 63.1 Å². The number of Topliss-reactive ketones (excluding diaryl/α,β-unsaturated/α-hetero) is 1. The zero-order valence-corrected chi connectivity index (χ0v) is 24.8. The fourth-order valence-electron chi connectivity index (χ4n) is 5.72. The van der Waals surface area contributed by atoms with Crippen molar-refractivity contribution in [2.75, 3.05) is 12.3 Å². The van der Waals surface area contributed by atoms with Crippen LogP contribution in [0.1, 0.15) is 54.4 Å². The third-order valence-electron chi connectivity index (χ3n) is 7.98. The molecule has 2 aromatic carbocycles. The fraction of sp³-hybridized carbons (Fsp3) is 0.433. The summed E-state index contributed by atoms with van der Waals surface area (Å²) < 4.78 is 0.913. The van der Waals surface area contributed by atoms with E-state index < -0.39 is 17.0 Å². The summed E-state index contributed by atoms with van der Waals surface area (Å²) in [6, 6.07) is 16.3. The molecule has 41 heavy (non-hydrogen) atoms. The number of nitrogens with two attached hydrogens (primary N) is 2. The van der Waals surface area contributed by atoms with Crippen LogP contribution >= 0.6 is 23.1 Å². The van der Waals surface area contributed by atoms with Crippen molar-refractivity contribution in [1.29, 1.82) is 0 Å². The van der Waals surface area contributed by atoms with Gasteiger partial charge in [0.2, 0.25) is 17.6 Å². The standard InChI is InChI=1S/C30H36N6O3S2/c1-30-16-15-20(14-13-19-8-3-2-4-9-19)28(39)36(30)23(18-40-30)26(38)34-22(11-7-17-33-29(31)32)25(37)27-35-21-10-5-6-12-24(21)41-27/h2-6,8-10,12,20,22-23H,7,11,13-18H2,1H3,(H,34,38)(H4,31,32,33)/p+1/t20-,22?,23-,30-/m0/s1. The Labute approximate surface area is 248 Å². The molecule has 9 nitrogen and oxygen atoms in total. The average Bonchev–Trinajstić information content (AvgIpc) is 3.56. The molecule has 0 saturated carbocycles. The second kappa shape index (κ2) is 12.6. The summed E-state index contributed by atoms with van der Waals surface area (Å²) in [5, 5.41) is 3.36. The van der Waals surface area contributed by atoms with Crippen molar-refractivity contribution >= 4 is 56.9 Å². The summed E-state index contributed by atoms with van der Waals surface area (Å²) in [5.74, 6) is -0.00910. The molecule has 6 N–H and O–H groups in total.